The molecule has 11 heavy (non-hydrogen) atoms. The summed E-state index contributed by atoms with van der Waals surface area (Å²) >= 11 is 0. The van der Waals surface area contributed by atoms with Crippen LogP contribution in [0.5, 0.6) is 0 Å². The van der Waals surface area contributed by atoms with Gasteiger partial charge in [0.2, 0.25) is 0 Å². The largest absolute Gasteiger partial charge is 0.391 e. The van der Waals surface area contributed by atoms with Gasteiger partial charge in [0.05, 0.1) is 12.1 Å². The number of hydrogen-bond donors (Lipinski definition) is 2. The Morgan fingerprint density at radius 3 is 2.64 bits per heavy atom. The molecule has 2 nitrogen and oxygen atoms in total. The second-order valence-corrected chi connectivity index (χ2v) is 3.10. The number of hydrogen-bond acceptors (Lipinski definition) is 2. The van der Waals surface area contributed by atoms with Crippen molar-refractivity contribution in [2.24, 2.45) is 5.73 Å². The number of aliphatic hydroxyl groups excluding tert-OH is 1. The van der Waals surface area contributed by atoms with Crippen LogP contribution in [0.2, 0.25) is 0 Å². The van der Waals surface area contributed by atoms with E-state index >= 15 is 0 Å². The molecule has 1 rings (SSSR count). The molecule has 66 valence electrons. The summed E-state index contributed by atoms with van der Waals surface area (Å²) in [4.78, 5) is 0. The van der Waals surface area contributed by atoms with Gasteiger partial charge in [-0.25, -0.2) is 8.78 Å². The topological polar surface area (TPSA) is 46.2 Å². The highest BCUT2D eigenvalue weighted by Crippen LogP contribution is 2.30. The smallest absolute Gasteiger partial charge is 0.265 e. The highest BCUT2D eigenvalue weighted by atomic mass is 19.3. The summed E-state index contributed by atoms with van der Waals surface area (Å²) in [6.07, 6.45) is 0.275. The highest BCUT2D eigenvalue weighted by Gasteiger charge is 2.42. The Kier molecular flexibility index (Phi) is 2.44. The predicted octanol–water partition coefficient (Wildman–Crippen LogP) is 0.884. The lowest BCUT2D eigenvalue weighted by atomic mass is 10.0. The molecule has 0 aromatic carbocycles. The van der Waals surface area contributed by atoms with Crippen molar-refractivity contribution in [2.75, 3.05) is 0 Å². The Bertz CT molecular complexity index is 140. The monoisotopic (exact) mass is 165 g/mol. The minimum absolute atomic E-state index is 0.189. The van der Waals surface area contributed by atoms with Gasteiger partial charge in [-0.05, 0) is 12.8 Å². The Hall–Kier alpha value is -0.220. The summed E-state index contributed by atoms with van der Waals surface area (Å²) < 4.78 is 25.6. The number of alkyl halides is 2. The molecule has 1 aliphatic rings. The number of nitrogens with two attached hydrogens (primary N) is 1. The molecule has 4 heteroatoms. The molecular formula is C7H13F2NO. The maximum Gasteiger partial charge on any atom is 0.265 e. The van der Waals surface area contributed by atoms with E-state index < -0.39 is 18.1 Å². The first kappa shape index (κ1) is 8.87. The molecule has 0 aliphatic heterocycles. The molecule has 3 N–H and O–H groups in total. The first-order valence-electron chi connectivity index (χ1n) is 3.85. The minimum Gasteiger partial charge on any atom is -0.391 e. The van der Waals surface area contributed by atoms with Gasteiger partial charge in [-0.3, -0.25) is 0 Å². The fourth-order valence-corrected chi connectivity index (χ4v) is 1.34. The molecule has 1 fully saturated rings. The van der Waals surface area contributed by atoms with Gasteiger partial charge in [0, 0.05) is 6.42 Å². The standard InChI is InChI=1S/C7H13F2NO/c8-7(9)4-2-1-3-5(11)6(7)10/h5-6,11H,1-4,10H2/t5?,6-/m0/s1. The lowest BCUT2D eigenvalue weighted by Crippen LogP contribution is -2.48. The first-order valence-corrected chi connectivity index (χ1v) is 3.85. The van der Waals surface area contributed by atoms with Crippen molar-refractivity contribution in [3.05, 3.63) is 0 Å². The van der Waals surface area contributed by atoms with Gasteiger partial charge in [0.15, 0.2) is 0 Å². The third-order valence-corrected chi connectivity index (χ3v) is 2.16. The van der Waals surface area contributed by atoms with Crippen LogP contribution in [0.3, 0.4) is 0 Å². The van der Waals surface area contributed by atoms with Crippen LogP contribution in [0.1, 0.15) is 25.7 Å². The highest BCUT2D eigenvalue weighted by molar-refractivity contribution is 4.88. The van der Waals surface area contributed by atoms with E-state index in [1.54, 1.807) is 0 Å². The molecule has 0 radical (unpaired) electrons. The summed E-state index contributed by atoms with van der Waals surface area (Å²) in [5.74, 6) is -2.88. The lowest BCUT2D eigenvalue weighted by molar-refractivity contribution is -0.0630. The van der Waals surface area contributed by atoms with Crippen LogP contribution < -0.4 is 5.73 Å². The van der Waals surface area contributed by atoms with E-state index in [4.69, 9.17) is 10.8 Å². The van der Waals surface area contributed by atoms with Crippen molar-refractivity contribution in [2.45, 2.75) is 43.8 Å². The Morgan fingerprint density at radius 1 is 1.36 bits per heavy atom. The second kappa shape index (κ2) is 3.03. The average Bonchev–Trinajstić information content (AvgIpc) is 2.03. The lowest BCUT2D eigenvalue weighted by Gasteiger charge is -2.23. The molecule has 0 bridgehead atoms. The molecule has 0 amide bonds. The molecule has 0 saturated heterocycles. The van der Waals surface area contributed by atoms with E-state index in [1.807, 2.05) is 0 Å². The van der Waals surface area contributed by atoms with E-state index in [1.165, 1.54) is 0 Å². The van der Waals surface area contributed by atoms with Gasteiger partial charge >= 0.3 is 0 Å². The Balaban J connectivity index is 2.65. The van der Waals surface area contributed by atoms with Crippen LogP contribution in [0.15, 0.2) is 0 Å². The van der Waals surface area contributed by atoms with Gasteiger partial charge in [0.1, 0.15) is 0 Å². The molecule has 0 aromatic rings. The molecule has 0 spiro atoms. The van der Waals surface area contributed by atoms with Crippen molar-refractivity contribution in [1.29, 1.82) is 0 Å². The first-order chi connectivity index (χ1) is 5.04. The Labute approximate surface area is 64.4 Å². The summed E-state index contributed by atoms with van der Waals surface area (Å²) in [6, 6.07) is -1.37. The maximum absolute atomic E-state index is 12.8. The predicted molar refractivity (Wildman–Crippen MR) is 37.4 cm³/mol. The maximum atomic E-state index is 12.8. The van der Waals surface area contributed by atoms with Crippen molar-refractivity contribution in [3.8, 4) is 0 Å². The van der Waals surface area contributed by atoms with Crippen LogP contribution in [0.25, 0.3) is 0 Å². The molecule has 0 heterocycles. The molecule has 2 atom stereocenters. The Morgan fingerprint density at radius 2 is 2.00 bits per heavy atom. The minimum atomic E-state index is -2.88. The quantitative estimate of drug-likeness (QED) is 0.523. The van der Waals surface area contributed by atoms with E-state index in [0.717, 1.165) is 0 Å². The van der Waals surface area contributed by atoms with Crippen molar-refractivity contribution in [3.63, 3.8) is 0 Å². The average molecular weight is 165 g/mol. The molecular weight excluding hydrogens is 152 g/mol. The van der Waals surface area contributed by atoms with Crippen molar-refractivity contribution < 1.29 is 13.9 Å². The zero-order chi connectivity index (χ0) is 8.48. The van der Waals surface area contributed by atoms with Crippen molar-refractivity contribution in [1.82, 2.24) is 0 Å². The van der Waals surface area contributed by atoms with Crippen LogP contribution in [0, 0.1) is 0 Å². The zero-order valence-corrected chi connectivity index (χ0v) is 6.26. The zero-order valence-electron chi connectivity index (χ0n) is 6.26. The number of aliphatic hydroxyl groups is 1. The fourth-order valence-electron chi connectivity index (χ4n) is 1.34. The molecule has 1 saturated carbocycles. The van der Waals surface area contributed by atoms with Gasteiger partial charge in [-0.2, -0.15) is 0 Å². The third-order valence-electron chi connectivity index (χ3n) is 2.16. The molecule has 0 aromatic heterocycles. The molecule has 1 aliphatic carbocycles. The van der Waals surface area contributed by atoms with E-state index in [-0.39, 0.29) is 6.42 Å². The second-order valence-electron chi connectivity index (χ2n) is 3.10. The van der Waals surface area contributed by atoms with E-state index in [9.17, 15) is 8.78 Å². The van der Waals surface area contributed by atoms with Crippen LogP contribution in [-0.4, -0.2) is 23.2 Å². The third kappa shape index (κ3) is 1.87. The van der Waals surface area contributed by atoms with Gasteiger partial charge in [-0.1, -0.05) is 6.42 Å². The van der Waals surface area contributed by atoms with Crippen molar-refractivity contribution >= 4 is 0 Å². The van der Waals surface area contributed by atoms with E-state index in [2.05, 4.69) is 0 Å². The fraction of sp³-hybridized carbons (Fsp3) is 1.00. The number of halogens is 2. The van der Waals surface area contributed by atoms with Crippen LogP contribution >= 0.6 is 0 Å². The normalized spacial score (nSPS) is 38.2. The molecule has 1 unspecified atom stereocenters. The van der Waals surface area contributed by atoms with E-state index in [0.29, 0.717) is 19.3 Å². The van der Waals surface area contributed by atoms with Crippen LogP contribution in [0.4, 0.5) is 8.78 Å². The number of rotatable bonds is 0. The summed E-state index contributed by atoms with van der Waals surface area (Å²) in [5.41, 5.74) is 5.16. The van der Waals surface area contributed by atoms with Gasteiger partial charge in [-0.15, -0.1) is 0 Å². The summed E-state index contributed by atoms with van der Waals surface area (Å²) in [6.45, 7) is 0. The summed E-state index contributed by atoms with van der Waals surface area (Å²) in [7, 11) is 0. The van der Waals surface area contributed by atoms with Crippen LogP contribution in [-0.2, 0) is 0 Å². The SMILES string of the molecule is N[C@H]1C(O)CCCCC1(F)F. The van der Waals surface area contributed by atoms with Gasteiger partial charge in [0.25, 0.3) is 5.92 Å². The summed E-state index contributed by atoms with van der Waals surface area (Å²) in [5, 5.41) is 9.09. The van der Waals surface area contributed by atoms with Gasteiger partial charge < -0.3 is 10.8 Å².